The topological polar surface area (TPSA) is 64.1 Å². The maximum Gasteiger partial charge on any atom is 0.360 e. The Morgan fingerprint density at radius 2 is 1.83 bits per heavy atom. The van der Waals surface area contributed by atoms with Crippen LogP contribution in [0.1, 0.15) is 23.0 Å². The minimum absolute atomic E-state index is 0.187. The molecule has 1 aromatic heterocycles. The van der Waals surface area contributed by atoms with E-state index in [2.05, 4.69) is 15.3 Å². The molecule has 0 aliphatic rings. The molecule has 3 rings (SSSR count). The van der Waals surface area contributed by atoms with E-state index in [1.807, 2.05) is 55.5 Å². The Kier molecular flexibility index (Phi) is 4.19. The molecule has 5 heteroatoms. The lowest BCUT2D eigenvalue weighted by Crippen LogP contribution is -2.12. The van der Waals surface area contributed by atoms with Crippen molar-refractivity contribution < 1.29 is 9.53 Å². The number of rotatable bonds is 4. The zero-order valence-electron chi connectivity index (χ0n) is 13.0. The number of esters is 1. The molecule has 1 heterocycles. The Labute approximate surface area is 134 Å². The summed E-state index contributed by atoms with van der Waals surface area (Å²) in [5.74, 6) is -0.0892. The molecule has 0 saturated carbocycles. The predicted octanol–water partition coefficient (Wildman–Crippen LogP) is 3.86. The Morgan fingerprint density at radius 3 is 2.52 bits per heavy atom. The lowest BCUT2D eigenvalue weighted by Gasteiger charge is -2.11. The summed E-state index contributed by atoms with van der Waals surface area (Å²) in [5, 5.41) is 3.17. The van der Waals surface area contributed by atoms with Crippen LogP contribution in [0.3, 0.4) is 0 Å². The van der Waals surface area contributed by atoms with Crippen LogP contribution >= 0.6 is 0 Å². The van der Waals surface area contributed by atoms with Gasteiger partial charge in [0, 0.05) is 5.69 Å². The molecular weight excluding hydrogens is 290 g/mol. The number of benzene rings is 2. The van der Waals surface area contributed by atoms with Gasteiger partial charge in [0.15, 0.2) is 11.5 Å². The third-order valence-corrected chi connectivity index (χ3v) is 3.32. The van der Waals surface area contributed by atoms with Gasteiger partial charge in [-0.25, -0.2) is 14.8 Å². The summed E-state index contributed by atoms with van der Waals surface area (Å²) < 4.78 is 5.10. The van der Waals surface area contributed by atoms with Gasteiger partial charge in [-0.05, 0) is 43.7 Å². The monoisotopic (exact) mass is 307 g/mol. The Hall–Kier alpha value is -2.95. The summed E-state index contributed by atoms with van der Waals surface area (Å²) in [6.45, 7) is 4.06. The molecule has 0 saturated heterocycles. The van der Waals surface area contributed by atoms with Crippen molar-refractivity contribution in [3.8, 4) is 0 Å². The van der Waals surface area contributed by atoms with Gasteiger partial charge in [0.2, 0.25) is 0 Å². The first-order chi connectivity index (χ1) is 11.2. The van der Waals surface area contributed by atoms with Crippen LogP contribution in [-0.4, -0.2) is 22.5 Å². The summed E-state index contributed by atoms with van der Waals surface area (Å²) in [4.78, 5) is 21.1. The zero-order valence-corrected chi connectivity index (χ0v) is 13.0. The standard InChI is InChI=1S/C18H17N3O2/c1-3-23-18(22)16-17(19-13-8-6-7-12(2)11-13)21-15-10-5-4-9-14(15)20-16/h4-11H,3H2,1-2H3,(H,19,21). The number of hydrogen-bond donors (Lipinski definition) is 1. The minimum atomic E-state index is -0.485. The van der Waals surface area contributed by atoms with Gasteiger partial charge in [-0.1, -0.05) is 24.3 Å². The number of para-hydroxylation sites is 2. The molecule has 0 fully saturated rings. The summed E-state index contributed by atoms with van der Waals surface area (Å²) in [7, 11) is 0. The number of ether oxygens (including phenoxy) is 1. The molecule has 5 nitrogen and oxygen atoms in total. The molecule has 1 N–H and O–H groups in total. The second-order valence-electron chi connectivity index (χ2n) is 5.12. The van der Waals surface area contributed by atoms with Crippen molar-refractivity contribution in [3.63, 3.8) is 0 Å². The number of carbonyl (C=O) groups is 1. The maximum atomic E-state index is 12.2. The molecule has 0 unspecified atom stereocenters. The first-order valence-corrected chi connectivity index (χ1v) is 7.45. The van der Waals surface area contributed by atoms with Crippen molar-refractivity contribution in [2.75, 3.05) is 11.9 Å². The quantitative estimate of drug-likeness (QED) is 0.741. The van der Waals surface area contributed by atoms with Crippen LogP contribution in [0.15, 0.2) is 48.5 Å². The second kappa shape index (κ2) is 6.44. The molecule has 0 aliphatic heterocycles. The molecule has 0 radical (unpaired) electrons. The van der Waals surface area contributed by atoms with E-state index >= 15 is 0 Å². The van der Waals surface area contributed by atoms with Crippen LogP contribution in [0.2, 0.25) is 0 Å². The van der Waals surface area contributed by atoms with Crippen LogP contribution in [0.4, 0.5) is 11.5 Å². The van der Waals surface area contributed by atoms with E-state index in [0.717, 1.165) is 16.8 Å². The number of anilines is 2. The minimum Gasteiger partial charge on any atom is -0.461 e. The number of fused-ring (bicyclic) bond motifs is 1. The third-order valence-electron chi connectivity index (χ3n) is 3.32. The number of aryl methyl sites for hydroxylation is 1. The van der Waals surface area contributed by atoms with E-state index in [0.29, 0.717) is 11.3 Å². The summed E-state index contributed by atoms with van der Waals surface area (Å²) in [6.07, 6.45) is 0. The summed E-state index contributed by atoms with van der Waals surface area (Å²) in [5.41, 5.74) is 3.52. The molecule has 0 amide bonds. The second-order valence-corrected chi connectivity index (χ2v) is 5.12. The summed E-state index contributed by atoms with van der Waals surface area (Å²) >= 11 is 0. The van der Waals surface area contributed by atoms with Crippen LogP contribution in [0, 0.1) is 6.92 Å². The van der Waals surface area contributed by atoms with E-state index in [-0.39, 0.29) is 12.3 Å². The van der Waals surface area contributed by atoms with Crippen molar-refractivity contribution in [1.29, 1.82) is 0 Å². The van der Waals surface area contributed by atoms with Gasteiger partial charge in [0.25, 0.3) is 0 Å². The van der Waals surface area contributed by atoms with Crippen molar-refractivity contribution >= 4 is 28.5 Å². The predicted molar refractivity (Wildman–Crippen MR) is 90.0 cm³/mol. The molecular formula is C18H17N3O2. The molecule has 0 aliphatic carbocycles. The molecule has 2 aromatic carbocycles. The van der Waals surface area contributed by atoms with E-state index in [1.54, 1.807) is 6.92 Å². The number of nitrogens with zero attached hydrogens (tertiary/aromatic N) is 2. The van der Waals surface area contributed by atoms with Gasteiger partial charge in [-0.2, -0.15) is 0 Å². The number of aromatic nitrogens is 2. The van der Waals surface area contributed by atoms with Crippen LogP contribution in [-0.2, 0) is 4.74 Å². The Balaban J connectivity index is 2.08. The first kappa shape index (κ1) is 15.0. The lowest BCUT2D eigenvalue weighted by atomic mass is 10.2. The smallest absolute Gasteiger partial charge is 0.360 e. The van der Waals surface area contributed by atoms with Crippen molar-refractivity contribution in [3.05, 3.63) is 59.8 Å². The Morgan fingerprint density at radius 1 is 1.09 bits per heavy atom. The summed E-state index contributed by atoms with van der Waals surface area (Å²) in [6, 6.07) is 15.3. The average molecular weight is 307 g/mol. The number of carbonyl (C=O) groups excluding carboxylic acids is 1. The SMILES string of the molecule is CCOC(=O)c1nc2ccccc2nc1Nc1cccc(C)c1. The maximum absolute atomic E-state index is 12.2. The van der Waals surface area contributed by atoms with Gasteiger partial charge >= 0.3 is 5.97 Å². The molecule has 23 heavy (non-hydrogen) atoms. The van der Waals surface area contributed by atoms with Gasteiger partial charge in [-0.15, -0.1) is 0 Å². The fourth-order valence-corrected chi connectivity index (χ4v) is 2.29. The number of hydrogen-bond acceptors (Lipinski definition) is 5. The van der Waals surface area contributed by atoms with Crippen LogP contribution < -0.4 is 5.32 Å². The highest BCUT2D eigenvalue weighted by atomic mass is 16.5. The van der Waals surface area contributed by atoms with Crippen molar-refractivity contribution in [2.24, 2.45) is 0 Å². The van der Waals surface area contributed by atoms with E-state index in [1.165, 1.54) is 0 Å². The lowest BCUT2D eigenvalue weighted by molar-refractivity contribution is 0.0521. The Bertz CT molecular complexity index is 862. The van der Waals surface area contributed by atoms with Crippen molar-refractivity contribution in [1.82, 2.24) is 9.97 Å². The molecule has 3 aromatic rings. The van der Waals surface area contributed by atoms with E-state index in [4.69, 9.17) is 4.74 Å². The van der Waals surface area contributed by atoms with E-state index in [9.17, 15) is 4.79 Å². The van der Waals surface area contributed by atoms with Gasteiger partial charge < -0.3 is 10.1 Å². The van der Waals surface area contributed by atoms with Gasteiger partial charge in [-0.3, -0.25) is 0 Å². The first-order valence-electron chi connectivity index (χ1n) is 7.45. The fraction of sp³-hybridized carbons (Fsp3) is 0.167. The molecule has 116 valence electrons. The van der Waals surface area contributed by atoms with Crippen LogP contribution in [0.5, 0.6) is 0 Å². The van der Waals surface area contributed by atoms with Gasteiger partial charge in [0.1, 0.15) is 0 Å². The largest absolute Gasteiger partial charge is 0.461 e. The highest BCUT2D eigenvalue weighted by Crippen LogP contribution is 2.22. The normalized spacial score (nSPS) is 10.5. The highest BCUT2D eigenvalue weighted by Gasteiger charge is 2.17. The van der Waals surface area contributed by atoms with Crippen molar-refractivity contribution in [2.45, 2.75) is 13.8 Å². The third kappa shape index (κ3) is 3.29. The average Bonchev–Trinajstić information content (AvgIpc) is 2.54. The van der Waals surface area contributed by atoms with E-state index < -0.39 is 5.97 Å². The van der Waals surface area contributed by atoms with Gasteiger partial charge in [0.05, 0.1) is 17.6 Å². The van der Waals surface area contributed by atoms with Crippen LogP contribution in [0.25, 0.3) is 11.0 Å². The molecule has 0 bridgehead atoms. The molecule has 0 atom stereocenters. The molecule has 0 spiro atoms. The zero-order chi connectivity index (χ0) is 16.2. The fourth-order valence-electron chi connectivity index (χ4n) is 2.29. The number of nitrogens with one attached hydrogen (secondary N) is 1. The highest BCUT2D eigenvalue weighted by molar-refractivity contribution is 5.96.